The maximum atomic E-state index is 12.3. The second kappa shape index (κ2) is 9.58. The monoisotopic (exact) mass is 456 g/mol. The van der Waals surface area contributed by atoms with Gasteiger partial charge < -0.3 is 9.47 Å². The number of methoxy groups -OCH3 is 1. The molecular weight excluding hydrogens is 440 g/mol. The van der Waals surface area contributed by atoms with Gasteiger partial charge in [0.15, 0.2) is 5.78 Å². The van der Waals surface area contributed by atoms with Gasteiger partial charge in [-0.1, -0.05) is 45.7 Å². The van der Waals surface area contributed by atoms with E-state index in [2.05, 4.69) is 15.9 Å². The zero-order chi connectivity index (χ0) is 19.9. The molecule has 0 spiro atoms. The minimum atomic E-state index is -0.0839. The quantitative estimate of drug-likeness (QED) is 0.297. The smallest absolute Gasteiger partial charge is 0.185 e. The van der Waals surface area contributed by atoms with E-state index in [1.54, 1.807) is 43.5 Å². The van der Waals surface area contributed by atoms with Crippen molar-refractivity contribution in [3.8, 4) is 11.5 Å². The maximum absolute atomic E-state index is 12.3. The molecule has 0 aliphatic carbocycles. The van der Waals surface area contributed by atoms with Crippen LogP contribution in [0, 0.1) is 0 Å². The number of halogens is 2. The van der Waals surface area contributed by atoms with Gasteiger partial charge in [0.05, 0.1) is 7.11 Å². The fourth-order valence-electron chi connectivity index (χ4n) is 2.62. The van der Waals surface area contributed by atoms with Crippen LogP contribution in [0.4, 0.5) is 0 Å². The van der Waals surface area contributed by atoms with Crippen LogP contribution in [-0.2, 0) is 6.61 Å². The Labute approximate surface area is 177 Å². The van der Waals surface area contributed by atoms with Crippen LogP contribution < -0.4 is 9.47 Å². The summed E-state index contributed by atoms with van der Waals surface area (Å²) >= 11 is 9.29. The van der Waals surface area contributed by atoms with Crippen molar-refractivity contribution >= 4 is 39.4 Å². The van der Waals surface area contributed by atoms with Crippen LogP contribution >= 0.6 is 27.5 Å². The van der Waals surface area contributed by atoms with Crippen LogP contribution in [0.5, 0.6) is 11.5 Å². The number of hydrogen-bond acceptors (Lipinski definition) is 3. The van der Waals surface area contributed by atoms with Crippen molar-refractivity contribution in [2.45, 2.75) is 6.61 Å². The minimum absolute atomic E-state index is 0.0839. The van der Waals surface area contributed by atoms with E-state index in [0.29, 0.717) is 17.2 Å². The summed E-state index contributed by atoms with van der Waals surface area (Å²) in [6, 6.07) is 20.2. The van der Waals surface area contributed by atoms with Gasteiger partial charge in [0.2, 0.25) is 0 Å². The number of benzene rings is 3. The number of ether oxygens (including phenoxy) is 2. The average molecular weight is 458 g/mol. The molecule has 0 aliphatic rings. The lowest BCUT2D eigenvalue weighted by Crippen LogP contribution is -1.99. The molecule has 0 atom stereocenters. The van der Waals surface area contributed by atoms with Crippen molar-refractivity contribution in [3.63, 3.8) is 0 Å². The number of allylic oxidation sites excluding steroid dienone is 1. The summed E-state index contributed by atoms with van der Waals surface area (Å²) in [5, 5.41) is 0.603. The van der Waals surface area contributed by atoms with Crippen LogP contribution in [0.3, 0.4) is 0 Å². The average Bonchev–Trinajstić information content (AvgIpc) is 2.71. The molecule has 3 aromatic rings. The van der Waals surface area contributed by atoms with Crippen molar-refractivity contribution in [1.29, 1.82) is 0 Å². The predicted octanol–water partition coefficient (Wildman–Crippen LogP) is 6.59. The third kappa shape index (κ3) is 5.47. The van der Waals surface area contributed by atoms with E-state index in [4.69, 9.17) is 21.1 Å². The zero-order valence-corrected chi connectivity index (χ0v) is 17.5. The highest BCUT2D eigenvalue weighted by Crippen LogP contribution is 2.24. The van der Waals surface area contributed by atoms with Crippen molar-refractivity contribution in [2.24, 2.45) is 0 Å². The van der Waals surface area contributed by atoms with Gasteiger partial charge in [-0.3, -0.25) is 4.79 Å². The lowest BCUT2D eigenvalue weighted by molar-refractivity contribution is 0.104. The Morgan fingerprint density at radius 1 is 1.07 bits per heavy atom. The summed E-state index contributed by atoms with van der Waals surface area (Å²) in [5.74, 6) is 1.41. The summed E-state index contributed by atoms with van der Waals surface area (Å²) in [4.78, 5) is 12.3. The number of carbonyl (C=O) groups is 1. The fraction of sp³-hybridized carbons (Fsp3) is 0.0870. The predicted molar refractivity (Wildman–Crippen MR) is 116 cm³/mol. The van der Waals surface area contributed by atoms with E-state index in [-0.39, 0.29) is 5.78 Å². The molecule has 3 rings (SSSR count). The molecule has 0 saturated carbocycles. The Balaban J connectivity index is 1.74. The van der Waals surface area contributed by atoms with Gasteiger partial charge in [-0.05, 0) is 66.2 Å². The Kier molecular flexibility index (Phi) is 6.90. The Morgan fingerprint density at radius 3 is 2.57 bits per heavy atom. The van der Waals surface area contributed by atoms with Gasteiger partial charge >= 0.3 is 0 Å². The van der Waals surface area contributed by atoms with Crippen molar-refractivity contribution < 1.29 is 14.3 Å². The van der Waals surface area contributed by atoms with Crippen LogP contribution in [0.25, 0.3) is 6.08 Å². The van der Waals surface area contributed by atoms with E-state index >= 15 is 0 Å². The first kappa shape index (κ1) is 20.2. The standard InChI is InChI=1S/C23H18BrClO3/c1-27-23-12-6-16(5-11-22(26)17-7-9-20(25)10-8-17)13-18(23)15-28-21-4-2-3-19(24)14-21/h2-14H,15H2,1H3/b11-5+. The highest BCUT2D eigenvalue weighted by molar-refractivity contribution is 9.10. The normalized spacial score (nSPS) is 10.8. The third-order valence-electron chi connectivity index (χ3n) is 4.05. The topological polar surface area (TPSA) is 35.5 Å². The van der Waals surface area contributed by atoms with Gasteiger partial charge in [-0.15, -0.1) is 0 Å². The van der Waals surface area contributed by atoms with Gasteiger partial charge in [0.25, 0.3) is 0 Å². The molecule has 0 amide bonds. The first-order valence-corrected chi connectivity index (χ1v) is 9.75. The summed E-state index contributed by atoms with van der Waals surface area (Å²) in [5.41, 5.74) is 2.37. The van der Waals surface area contributed by atoms with Crippen LogP contribution in [0.15, 0.2) is 77.3 Å². The van der Waals surface area contributed by atoms with Crippen molar-refractivity contribution in [1.82, 2.24) is 0 Å². The van der Waals surface area contributed by atoms with Gasteiger partial charge in [0, 0.05) is 20.6 Å². The first-order valence-electron chi connectivity index (χ1n) is 8.58. The van der Waals surface area contributed by atoms with E-state index in [1.807, 2.05) is 42.5 Å². The van der Waals surface area contributed by atoms with Crippen molar-refractivity contribution in [2.75, 3.05) is 7.11 Å². The van der Waals surface area contributed by atoms with Gasteiger partial charge in [-0.25, -0.2) is 0 Å². The van der Waals surface area contributed by atoms with Gasteiger partial charge in [0.1, 0.15) is 18.1 Å². The highest BCUT2D eigenvalue weighted by atomic mass is 79.9. The molecule has 0 aliphatic heterocycles. The fourth-order valence-corrected chi connectivity index (χ4v) is 3.12. The molecule has 3 aromatic carbocycles. The SMILES string of the molecule is COc1ccc(/C=C/C(=O)c2ccc(Cl)cc2)cc1COc1cccc(Br)c1. The summed E-state index contributed by atoms with van der Waals surface area (Å²) < 4.78 is 12.2. The minimum Gasteiger partial charge on any atom is -0.496 e. The molecular formula is C23H18BrClO3. The molecule has 142 valence electrons. The number of carbonyl (C=O) groups excluding carboxylic acids is 1. The Hall–Kier alpha value is -2.56. The zero-order valence-electron chi connectivity index (χ0n) is 15.2. The third-order valence-corrected chi connectivity index (χ3v) is 4.80. The number of hydrogen-bond donors (Lipinski definition) is 0. The van der Waals surface area contributed by atoms with Gasteiger partial charge in [-0.2, -0.15) is 0 Å². The molecule has 0 aromatic heterocycles. The Morgan fingerprint density at radius 2 is 1.86 bits per heavy atom. The van der Waals surface area contributed by atoms with E-state index in [9.17, 15) is 4.79 Å². The highest BCUT2D eigenvalue weighted by Gasteiger charge is 2.06. The van der Waals surface area contributed by atoms with Crippen LogP contribution in [-0.4, -0.2) is 12.9 Å². The molecule has 0 heterocycles. The molecule has 5 heteroatoms. The van der Waals surface area contributed by atoms with Crippen molar-refractivity contribution in [3.05, 3.63) is 99.0 Å². The molecule has 0 saturated heterocycles. The molecule has 0 fully saturated rings. The lowest BCUT2D eigenvalue weighted by Gasteiger charge is -2.11. The second-order valence-electron chi connectivity index (χ2n) is 6.02. The molecule has 0 unspecified atom stereocenters. The second-order valence-corrected chi connectivity index (χ2v) is 7.37. The molecule has 0 N–H and O–H groups in total. The molecule has 0 bridgehead atoms. The van der Waals surface area contributed by atoms with E-state index in [1.165, 1.54) is 0 Å². The largest absolute Gasteiger partial charge is 0.496 e. The summed E-state index contributed by atoms with van der Waals surface area (Å²) in [6.45, 7) is 0.354. The van der Waals surface area contributed by atoms with E-state index < -0.39 is 0 Å². The molecule has 28 heavy (non-hydrogen) atoms. The first-order chi connectivity index (χ1) is 13.5. The lowest BCUT2D eigenvalue weighted by atomic mass is 10.1. The number of ketones is 1. The van der Waals surface area contributed by atoms with E-state index in [0.717, 1.165) is 27.1 Å². The maximum Gasteiger partial charge on any atom is 0.185 e. The van der Waals surface area contributed by atoms with Crippen LogP contribution in [0.1, 0.15) is 21.5 Å². The number of rotatable bonds is 7. The Bertz CT molecular complexity index is 997. The molecule has 3 nitrogen and oxygen atoms in total. The summed E-state index contributed by atoms with van der Waals surface area (Å²) in [7, 11) is 1.62. The van der Waals surface area contributed by atoms with Crippen LogP contribution in [0.2, 0.25) is 5.02 Å². The molecule has 0 radical (unpaired) electrons. The summed E-state index contributed by atoms with van der Waals surface area (Å²) in [6.07, 6.45) is 3.32.